The minimum atomic E-state index is 0.534. The average Bonchev–Trinajstić information content (AvgIpc) is 2.98. The zero-order valence-electron chi connectivity index (χ0n) is 12.6. The van der Waals surface area contributed by atoms with Gasteiger partial charge in [0.2, 0.25) is 0 Å². The number of thiophene rings is 1. The fourth-order valence-electron chi connectivity index (χ4n) is 3.13. The van der Waals surface area contributed by atoms with Gasteiger partial charge in [0.1, 0.15) is 0 Å². The monoisotopic (exact) mass is 280 g/mol. The van der Waals surface area contributed by atoms with E-state index in [1.165, 1.54) is 43.8 Å². The molecule has 1 aromatic rings. The van der Waals surface area contributed by atoms with Crippen LogP contribution < -0.4 is 5.32 Å². The lowest BCUT2D eigenvalue weighted by Crippen LogP contribution is -2.45. The summed E-state index contributed by atoms with van der Waals surface area (Å²) in [6.07, 6.45) is 3.92. The number of piperidine rings is 1. The molecular weight excluding hydrogens is 252 g/mol. The summed E-state index contributed by atoms with van der Waals surface area (Å²) >= 11 is 1.88. The van der Waals surface area contributed by atoms with Crippen molar-refractivity contribution in [1.82, 2.24) is 10.2 Å². The molecule has 0 saturated carbocycles. The number of hydrogen-bond acceptors (Lipinski definition) is 3. The zero-order valence-corrected chi connectivity index (χ0v) is 13.4. The van der Waals surface area contributed by atoms with E-state index in [1.54, 1.807) is 0 Å². The van der Waals surface area contributed by atoms with Crippen molar-refractivity contribution in [2.24, 2.45) is 5.92 Å². The Morgan fingerprint density at radius 2 is 2.32 bits per heavy atom. The van der Waals surface area contributed by atoms with Crippen LogP contribution in [0.4, 0.5) is 0 Å². The van der Waals surface area contributed by atoms with Crippen molar-refractivity contribution in [3.05, 3.63) is 22.4 Å². The molecule has 1 N–H and O–H groups in total. The first-order valence-corrected chi connectivity index (χ1v) is 8.64. The summed E-state index contributed by atoms with van der Waals surface area (Å²) in [5.74, 6) is 0.808. The zero-order chi connectivity index (χ0) is 13.7. The average molecular weight is 280 g/mol. The molecule has 19 heavy (non-hydrogen) atoms. The highest BCUT2D eigenvalue weighted by molar-refractivity contribution is 7.10. The van der Waals surface area contributed by atoms with Crippen molar-refractivity contribution < 1.29 is 0 Å². The maximum absolute atomic E-state index is 3.87. The molecule has 0 amide bonds. The Morgan fingerprint density at radius 1 is 1.47 bits per heavy atom. The maximum Gasteiger partial charge on any atom is 0.0414 e. The van der Waals surface area contributed by atoms with Crippen molar-refractivity contribution in [2.75, 3.05) is 19.6 Å². The van der Waals surface area contributed by atoms with Crippen molar-refractivity contribution in [2.45, 2.75) is 52.1 Å². The van der Waals surface area contributed by atoms with Crippen molar-refractivity contribution in [3.63, 3.8) is 0 Å². The van der Waals surface area contributed by atoms with Crippen molar-refractivity contribution in [1.29, 1.82) is 0 Å². The van der Waals surface area contributed by atoms with Gasteiger partial charge in [0.05, 0.1) is 0 Å². The molecule has 0 aromatic carbocycles. The Balaban J connectivity index is 1.90. The second kappa shape index (κ2) is 7.41. The Kier molecular flexibility index (Phi) is 5.86. The van der Waals surface area contributed by atoms with Crippen molar-refractivity contribution >= 4 is 11.3 Å². The van der Waals surface area contributed by atoms with Gasteiger partial charge in [-0.05, 0) is 56.6 Å². The third-order valence-electron chi connectivity index (χ3n) is 4.46. The summed E-state index contributed by atoms with van der Waals surface area (Å²) in [7, 11) is 0. The predicted octanol–water partition coefficient (Wildman–Crippen LogP) is 3.91. The van der Waals surface area contributed by atoms with E-state index in [9.17, 15) is 0 Å². The summed E-state index contributed by atoms with van der Waals surface area (Å²) in [4.78, 5) is 4.08. The van der Waals surface area contributed by atoms with Gasteiger partial charge in [-0.2, -0.15) is 0 Å². The van der Waals surface area contributed by atoms with Gasteiger partial charge in [0.25, 0.3) is 0 Å². The summed E-state index contributed by atoms with van der Waals surface area (Å²) in [5, 5.41) is 6.05. The van der Waals surface area contributed by atoms with E-state index in [4.69, 9.17) is 0 Å². The smallest absolute Gasteiger partial charge is 0.0414 e. The normalized spacial score (nSPS) is 24.3. The molecule has 2 nitrogen and oxygen atoms in total. The molecule has 108 valence electrons. The number of hydrogen-bond donors (Lipinski definition) is 1. The number of rotatable bonds is 6. The van der Waals surface area contributed by atoms with E-state index < -0.39 is 0 Å². The van der Waals surface area contributed by atoms with Gasteiger partial charge >= 0.3 is 0 Å². The van der Waals surface area contributed by atoms with Gasteiger partial charge in [0.15, 0.2) is 0 Å². The first-order chi connectivity index (χ1) is 9.24. The minimum Gasteiger partial charge on any atom is -0.306 e. The number of nitrogens with zero attached hydrogens (tertiary/aromatic N) is 1. The van der Waals surface area contributed by atoms with Crippen LogP contribution in [-0.2, 0) is 0 Å². The number of nitrogens with one attached hydrogen (secondary N) is 1. The standard InChI is InChI=1S/C16H28N2S/c1-4-15(16-9-7-11-19-16)17-13(3)14-8-6-10-18(5-2)12-14/h7,9,11,13-15,17H,4-6,8,10,12H2,1-3H3. The molecule has 0 spiro atoms. The molecule has 3 heteroatoms. The Hall–Kier alpha value is -0.380. The highest BCUT2D eigenvalue weighted by atomic mass is 32.1. The van der Waals surface area contributed by atoms with Gasteiger partial charge < -0.3 is 10.2 Å². The third kappa shape index (κ3) is 4.04. The van der Waals surface area contributed by atoms with Crippen LogP contribution in [0.2, 0.25) is 0 Å². The van der Waals surface area contributed by atoms with Crippen LogP contribution in [-0.4, -0.2) is 30.6 Å². The lowest BCUT2D eigenvalue weighted by molar-refractivity contribution is 0.152. The molecule has 1 saturated heterocycles. The van der Waals surface area contributed by atoms with Crippen LogP contribution in [0.15, 0.2) is 17.5 Å². The van der Waals surface area contributed by atoms with Gasteiger partial charge in [-0.3, -0.25) is 0 Å². The Labute approximate surface area is 122 Å². The van der Waals surface area contributed by atoms with E-state index >= 15 is 0 Å². The summed E-state index contributed by atoms with van der Waals surface area (Å²) in [6.45, 7) is 10.7. The largest absolute Gasteiger partial charge is 0.306 e. The van der Waals surface area contributed by atoms with E-state index in [1.807, 2.05) is 11.3 Å². The van der Waals surface area contributed by atoms with E-state index in [0.717, 1.165) is 5.92 Å². The maximum atomic E-state index is 3.87. The van der Waals surface area contributed by atoms with Crippen LogP contribution >= 0.6 is 11.3 Å². The van der Waals surface area contributed by atoms with E-state index in [0.29, 0.717) is 12.1 Å². The van der Waals surface area contributed by atoms with E-state index in [2.05, 4.69) is 48.5 Å². The first-order valence-electron chi connectivity index (χ1n) is 7.76. The van der Waals surface area contributed by atoms with Crippen LogP contribution in [0, 0.1) is 5.92 Å². The SMILES string of the molecule is CCC(NC(C)C1CCCN(CC)C1)c1cccs1. The van der Waals surface area contributed by atoms with Gasteiger partial charge in [-0.1, -0.05) is 19.9 Å². The molecule has 1 aliphatic rings. The predicted molar refractivity (Wildman–Crippen MR) is 84.8 cm³/mol. The van der Waals surface area contributed by atoms with Crippen LogP contribution in [0.25, 0.3) is 0 Å². The summed E-state index contributed by atoms with van der Waals surface area (Å²) < 4.78 is 0. The van der Waals surface area contributed by atoms with Crippen LogP contribution in [0.5, 0.6) is 0 Å². The second-order valence-electron chi connectivity index (χ2n) is 5.73. The molecular formula is C16H28N2S. The van der Waals surface area contributed by atoms with Crippen LogP contribution in [0.1, 0.15) is 51.0 Å². The van der Waals surface area contributed by atoms with Gasteiger partial charge in [-0.15, -0.1) is 11.3 Å². The topological polar surface area (TPSA) is 15.3 Å². The quantitative estimate of drug-likeness (QED) is 0.850. The molecule has 0 bridgehead atoms. The first kappa shape index (κ1) is 15.0. The number of likely N-dealkylation sites (tertiary alicyclic amines) is 1. The lowest BCUT2D eigenvalue weighted by atomic mass is 9.91. The fourth-order valence-corrected chi connectivity index (χ4v) is 4.00. The lowest BCUT2D eigenvalue weighted by Gasteiger charge is -2.36. The van der Waals surface area contributed by atoms with E-state index in [-0.39, 0.29) is 0 Å². The summed E-state index contributed by atoms with van der Waals surface area (Å²) in [6, 6.07) is 5.57. The van der Waals surface area contributed by atoms with Crippen LogP contribution in [0.3, 0.4) is 0 Å². The molecule has 1 aromatic heterocycles. The molecule has 0 radical (unpaired) electrons. The highest BCUT2D eigenvalue weighted by Crippen LogP contribution is 2.25. The Bertz CT molecular complexity index is 350. The Morgan fingerprint density at radius 3 is 2.95 bits per heavy atom. The molecule has 3 unspecified atom stereocenters. The highest BCUT2D eigenvalue weighted by Gasteiger charge is 2.25. The molecule has 1 aliphatic heterocycles. The minimum absolute atomic E-state index is 0.534. The molecule has 2 heterocycles. The van der Waals surface area contributed by atoms with Gasteiger partial charge in [-0.25, -0.2) is 0 Å². The molecule has 1 fully saturated rings. The fraction of sp³-hybridized carbons (Fsp3) is 0.750. The third-order valence-corrected chi connectivity index (χ3v) is 5.44. The summed E-state index contributed by atoms with van der Waals surface area (Å²) in [5.41, 5.74) is 0. The molecule has 3 atom stereocenters. The second-order valence-corrected chi connectivity index (χ2v) is 6.71. The molecule has 0 aliphatic carbocycles. The van der Waals surface area contributed by atoms with Crippen molar-refractivity contribution in [3.8, 4) is 0 Å². The van der Waals surface area contributed by atoms with Gasteiger partial charge in [0, 0.05) is 23.5 Å². The molecule has 2 rings (SSSR count).